The summed E-state index contributed by atoms with van der Waals surface area (Å²) in [6, 6.07) is 6.01. The fourth-order valence-corrected chi connectivity index (χ4v) is 2.59. The van der Waals surface area contributed by atoms with Crippen molar-refractivity contribution in [3.05, 3.63) is 41.7 Å². The molecule has 0 saturated heterocycles. The lowest BCUT2D eigenvalue weighted by molar-refractivity contribution is 0.102. The fraction of sp³-hybridized carbons (Fsp3) is 0.0833. The summed E-state index contributed by atoms with van der Waals surface area (Å²) in [7, 11) is 0. The number of H-pyrrole nitrogens is 1. The highest BCUT2D eigenvalue weighted by molar-refractivity contribution is 7.22. The highest BCUT2D eigenvalue weighted by atomic mass is 32.1. The summed E-state index contributed by atoms with van der Waals surface area (Å²) in [6.45, 7) is 2.03. The van der Waals surface area contributed by atoms with Gasteiger partial charge in [0.15, 0.2) is 5.13 Å². The average Bonchev–Trinajstić information content (AvgIpc) is 2.95. The highest BCUT2D eigenvalue weighted by Crippen LogP contribution is 2.26. The van der Waals surface area contributed by atoms with Crippen LogP contribution in [0.3, 0.4) is 0 Å². The van der Waals surface area contributed by atoms with Gasteiger partial charge >= 0.3 is 0 Å². The van der Waals surface area contributed by atoms with Crippen molar-refractivity contribution in [1.29, 1.82) is 0 Å². The molecule has 0 atom stereocenters. The third-order valence-electron chi connectivity index (χ3n) is 2.52. The minimum absolute atomic E-state index is 0.209. The van der Waals surface area contributed by atoms with E-state index >= 15 is 0 Å². The molecule has 0 spiro atoms. The molecular weight excluding hydrogens is 248 g/mol. The Kier molecular flexibility index (Phi) is 2.56. The van der Waals surface area contributed by atoms with Crippen LogP contribution in [0.5, 0.6) is 0 Å². The number of benzene rings is 1. The van der Waals surface area contributed by atoms with Crippen LogP contribution >= 0.6 is 11.3 Å². The van der Waals surface area contributed by atoms with Crippen LogP contribution in [0.25, 0.3) is 10.2 Å². The Hall–Kier alpha value is -2.21. The third-order valence-corrected chi connectivity index (χ3v) is 3.46. The Morgan fingerprint density at radius 2 is 2.33 bits per heavy atom. The van der Waals surface area contributed by atoms with E-state index in [0.717, 1.165) is 10.2 Å². The topological polar surface area (TPSA) is 70.7 Å². The summed E-state index contributed by atoms with van der Waals surface area (Å²) in [5, 5.41) is 9.70. The number of fused-ring (bicyclic) bond motifs is 1. The Morgan fingerprint density at radius 3 is 3.11 bits per heavy atom. The number of thiazole rings is 1. The quantitative estimate of drug-likeness (QED) is 0.742. The molecule has 6 heteroatoms. The lowest BCUT2D eigenvalue weighted by atomic mass is 10.2. The molecule has 90 valence electrons. The Morgan fingerprint density at radius 1 is 1.44 bits per heavy atom. The number of rotatable bonds is 2. The minimum Gasteiger partial charge on any atom is -0.298 e. The maximum Gasteiger partial charge on any atom is 0.260 e. The van der Waals surface area contributed by atoms with Crippen LogP contribution in [-0.4, -0.2) is 21.1 Å². The van der Waals surface area contributed by atoms with Crippen molar-refractivity contribution in [2.45, 2.75) is 6.92 Å². The van der Waals surface area contributed by atoms with Crippen molar-refractivity contribution >= 4 is 32.6 Å². The number of amides is 1. The molecule has 0 fully saturated rings. The molecule has 1 amide bonds. The second kappa shape index (κ2) is 4.23. The Balaban J connectivity index is 1.89. The van der Waals surface area contributed by atoms with Crippen molar-refractivity contribution in [2.75, 3.05) is 5.32 Å². The predicted molar refractivity (Wildman–Crippen MR) is 70.9 cm³/mol. The van der Waals surface area contributed by atoms with E-state index in [9.17, 15) is 4.79 Å². The lowest BCUT2D eigenvalue weighted by Gasteiger charge is -1.96. The molecule has 0 aliphatic heterocycles. The van der Waals surface area contributed by atoms with Gasteiger partial charge in [0.1, 0.15) is 0 Å². The zero-order chi connectivity index (χ0) is 12.5. The number of nitrogens with zero attached hydrogens (tertiary/aromatic N) is 2. The van der Waals surface area contributed by atoms with Crippen LogP contribution in [-0.2, 0) is 0 Å². The van der Waals surface area contributed by atoms with Gasteiger partial charge in [0.2, 0.25) is 0 Å². The number of carbonyl (C=O) groups is 1. The van der Waals surface area contributed by atoms with Crippen molar-refractivity contribution in [3.8, 4) is 0 Å². The molecule has 2 heterocycles. The summed E-state index contributed by atoms with van der Waals surface area (Å²) in [5.41, 5.74) is 2.57. The van der Waals surface area contributed by atoms with E-state index < -0.39 is 0 Å². The van der Waals surface area contributed by atoms with Gasteiger partial charge in [0.05, 0.1) is 22.0 Å². The normalized spacial score (nSPS) is 10.7. The minimum atomic E-state index is -0.209. The standard InChI is InChI=1S/C12H10N4OS/c1-7-2-3-9-10(4-7)18-12(15-9)16-11(17)8-5-13-14-6-8/h2-6H,1H3,(H,13,14)(H,15,16,17). The summed E-state index contributed by atoms with van der Waals surface area (Å²) >= 11 is 1.46. The zero-order valence-corrected chi connectivity index (χ0v) is 10.4. The lowest BCUT2D eigenvalue weighted by Crippen LogP contribution is -2.10. The number of aryl methyl sites for hydroxylation is 1. The second-order valence-corrected chi connectivity index (χ2v) is 4.96. The molecule has 0 bridgehead atoms. The van der Waals surface area contributed by atoms with E-state index in [1.165, 1.54) is 23.1 Å². The molecule has 18 heavy (non-hydrogen) atoms. The number of hydrogen-bond donors (Lipinski definition) is 2. The second-order valence-electron chi connectivity index (χ2n) is 3.93. The van der Waals surface area contributed by atoms with Gasteiger partial charge in [-0.15, -0.1) is 0 Å². The van der Waals surface area contributed by atoms with E-state index in [2.05, 4.69) is 26.6 Å². The number of anilines is 1. The van der Waals surface area contributed by atoms with Gasteiger partial charge in [-0.2, -0.15) is 5.10 Å². The van der Waals surface area contributed by atoms with E-state index in [1.54, 1.807) is 6.20 Å². The van der Waals surface area contributed by atoms with Crippen LogP contribution in [0, 0.1) is 6.92 Å². The van der Waals surface area contributed by atoms with Crippen molar-refractivity contribution < 1.29 is 4.79 Å². The first-order valence-corrected chi connectivity index (χ1v) is 6.21. The summed E-state index contributed by atoms with van der Waals surface area (Å²) in [5.74, 6) is -0.209. The smallest absolute Gasteiger partial charge is 0.260 e. The average molecular weight is 258 g/mol. The molecule has 3 aromatic rings. The van der Waals surface area contributed by atoms with Crippen LogP contribution in [0.4, 0.5) is 5.13 Å². The van der Waals surface area contributed by atoms with E-state index in [-0.39, 0.29) is 5.91 Å². The van der Waals surface area contributed by atoms with Crippen molar-refractivity contribution in [1.82, 2.24) is 15.2 Å². The van der Waals surface area contributed by atoms with Gasteiger partial charge in [-0.25, -0.2) is 4.98 Å². The molecule has 2 aromatic heterocycles. The molecular formula is C12H10N4OS. The predicted octanol–water partition coefficient (Wildman–Crippen LogP) is 2.58. The van der Waals surface area contributed by atoms with Crippen LogP contribution in [0.15, 0.2) is 30.6 Å². The molecule has 0 radical (unpaired) electrons. The largest absolute Gasteiger partial charge is 0.298 e. The summed E-state index contributed by atoms with van der Waals surface area (Å²) < 4.78 is 1.07. The third kappa shape index (κ3) is 1.98. The van der Waals surface area contributed by atoms with Gasteiger partial charge in [-0.05, 0) is 24.6 Å². The molecule has 1 aromatic carbocycles. The molecule has 0 aliphatic carbocycles. The van der Waals surface area contributed by atoms with Crippen LogP contribution in [0.2, 0.25) is 0 Å². The van der Waals surface area contributed by atoms with Crippen molar-refractivity contribution in [2.24, 2.45) is 0 Å². The first-order chi connectivity index (χ1) is 8.72. The number of nitrogens with one attached hydrogen (secondary N) is 2. The van der Waals surface area contributed by atoms with Crippen LogP contribution < -0.4 is 5.32 Å². The number of carbonyl (C=O) groups excluding carboxylic acids is 1. The zero-order valence-electron chi connectivity index (χ0n) is 9.60. The maximum atomic E-state index is 11.8. The number of aromatic amines is 1. The molecule has 2 N–H and O–H groups in total. The van der Waals surface area contributed by atoms with Gasteiger partial charge in [0, 0.05) is 6.20 Å². The SMILES string of the molecule is Cc1ccc2nc(NC(=O)c3cn[nH]c3)sc2c1. The number of aromatic nitrogens is 3. The number of hydrogen-bond acceptors (Lipinski definition) is 4. The molecule has 0 unspecified atom stereocenters. The van der Waals surface area contributed by atoms with E-state index in [0.29, 0.717) is 10.7 Å². The van der Waals surface area contributed by atoms with Crippen LogP contribution in [0.1, 0.15) is 15.9 Å². The molecule has 5 nitrogen and oxygen atoms in total. The Labute approximate surface area is 107 Å². The molecule has 0 aliphatic rings. The van der Waals surface area contributed by atoms with Gasteiger partial charge in [-0.3, -0.25) is 15.2 Å². The van der Waals surface area contributed by atoms with Crippen molar-refractivity contribution in [3.63, 3.8) is 0 Å². The van der Waals surface area contributed by atoms with Gasteiger partial charge < -0.3 is 0 Å². The molecule has 3 rings (SSSR count). The highest BCUT2D eigenvalue weighted by Gasteiger charge is 2.10. The van der Waals surface area contributed by atoms with E-state index in [4.69, 9.17) is 0 Å². The summed E-state index contributed by atoms with van der Waals surface area (Å²) in [6.07, 6.45) is 3.03. The fourth-order valence-electron chi connectivity index (χ4n) is 1.63. The van der Waals surface area contributed by atoms with Gasteiger partial charge in [0.25, 0.3) is 5.91 Å². The molecule has 0 saturated carbocycles. The maximum absolute atomic E-state index is 11.8. The van der Waals surface area contributed by atoms with E-state index in [1.807, 2.05) is 19.1 Å². The summed E-state index contributed by atoms with van der Waals surface area (Å²) in [4.78, 5) is 16.2. The van der Waals surface area contributed by atoms with Gasteiger partial charge in [-0.1, -0.05) is 17.4 Å². The Bertz CT molecular complexity index is 702. The first kappa shape index (κ1) is 10.9. The monoisotopic (exact) mass is 258 g/mol. The first-order valence-electron chi connectivity index (χ1n) is 5.40.